The van der Waals surface area contributed by atoms with Gasteiger partial charge in [-0.05, 0) is 43.5 Å². The van der Waals surface area contributed by atoms with Crippen molar-refractivity contribution in [2.24, 2.45) is 0 Å². The maximum absolute atomic E-state index is 6.20. The molecular formula is C21H23ClN2OS. The SMILES string of the molecule is COc1ccc(Cl)cc1SC(CCc1ccc(C)cc1)Cn1ccnc1. The fourth-order valence-corrected chi connectivity index (χ4v) is 4.36. The van der Waals surface area contributed by atoms with Gasteiger partial charge in [0, 0.05) is 29.2 Å². The van der Waals surface area contributed by atoms with Gasteiger partial charge in [0.15, 0.2) is 0 Å². The third kappa shape index (κ3) is 5.29. The van der Waals surface area contributed by atoms with E-state index in [9.17, 15) is 0 Å². The first-order chi connectivity index (χ1) is 12.6. The van der Waals surface area contributed by atoms with E-state index in [1.165, 1.54) is 11.1 Å². The molecule has 0 saturated carbocycles. The second-order valence-corrected chi connectivity index (χ2v) is 8.10. The standard InChI is InChI=1S/C21H23ClN2OS/c1-16-3-5-17(6-4-16)7-9-19(14-24-12-11-23-15-24)26-21-13-18(22)8-10-20(21)25-2/h3-6,8,10-13,15,19H,7,9,14H2,1-2H3. The summed E-state index contributed by atoms with van der Waals surface area (Å²) in [5.41, 5.74) is 2.66. The predicted molar refractivity (Wildman–Crippen MR) is 109 cm³/mol. The number of aryl methyl sites for hydroxylation is 2. The van der Waals surface area contributed by atoms with Crippen LogP contribution in [0.4, 0.5) is 0 Å². The first-order valence-corrected chi connectivity index (χ1v) is 9.91. The van der Waals surface area contributed by atoms with Crippen molar-refractivity contribution < 1.29 is 4.74 Å². The summed E-state index contributed by atoms with van der Waals surface area (Å²) in [4.78, 5) is 5.24. The van der Waals surface area contributed by atoms with Crippen LogP contribution in [0.5, 0.6) is 5.75 Å². The van der Waals surface area contributed by atoms with Crippen molar-refractivity contribution >= 4 is 23.4 Å². The number of halogens is 1. The highest BCUT2D eigenvalue weighted by Crippen LogP contribution is 2.36. The topological polar surface area (TPSA) is 27.1 Å². The van der Waals surface area contributed by atoms with E-state index < -0.39 is 0 Å². The quantitative estimate of drug-likeness (QED) is 0.468. The number of imidazole rings is 1. The predicted octanol–water partition coefficient (Wildman–Crippen LogP) is 5.65. The number of ether oxygens (including phenoxy) is 1. The Bertz CT molecular complexity index is 819. The average molecular weight is 387 g/mol. The van der Waals surface area contributed by atoms with Crippen LogP contribution < -0.4 is 4.74 Å². The van der Waals surface area contributed by atoms with Gasteiger partial charge in [0.05, 0.1) is 18.3 Å². The highest BCUT2D eigenvalue weighted by atomic mass is 35.5. The van der Waals surface area contributed by atoms with Crippen LogP contribution in [-0.2, 0) is 13.0 Å². The minimum Gasteiger partial charge on any atom is -0.496 e. The Labute approximate surface area is 164 Å². The molecule has 0 radical (unpaired) electrons. The van der Waals surface area contributed by atoms with E-state index in [1.807, 2.05) is 48.7 Å². The third-order valence-electron chi connectivity index (χ3n) is 4.27. The van der Waals surface area contributed by atoms with Crippen LogP contribution in [0, 0.1) is 6.92 Å². The van der Waals surface area contributed by atoms with Gasteiger partial charge in [0.1, 0.15) is 5.75 Å². The summed E-state index contributed by atoms with van der Waals surface area (Å²) in [6.45, 7) is 3.01. The summed E-state index contributed by atoms with van der Waals surface area (Å²) in [7, 11) is 1.70. The molecule has 3 aromatic rings. The molecule has 3 rings (SSSR count). The van der Waals surface area contributed by atoms with Gasteiger partial charge in [-0.1, -0.05) is 41.4 Å². The van der Waals surface area contributed by atoms with E-state index in [1.54, 1.807) is 7.11 Å². The molecule has 1 atom stereocenters. The van der Waals surface area contributed by atoms with Crippen LogP contribution in [0.2, 0.25) is 5.02 Å². The second-order valence-electron chi connectivity index (χ2n) is 6.32. The highest BCUT2D eigenvalue weighted by molar-refractivity contribution is 8.00. The smallest absolute Gasteiger partial charge is 0.132 e. The summed E-state index contributed by atoms with van der Waals surface area (Å²) < 4.78 is 7.64. The summed E-state index contributed by atoms with van der Waals surface area (Å²) in [6, 6.07) is 14.6. The lowest BCUT2D eigenvalue weighted by molar-refractivity contribution is 0.404. The van der Waals surface area contributed by atoms with E-state index in [0.717, 1.165) is 35.1 Å². The number of aromatic nitrogens is 2. The lowest BCUT2D eigenvalue weighted by Gasteiger charge is -2.19. The van der Waals surface area contributed by atoms with Crippen LogP contribution >= 0.6 is 23.4 Å². The maximum atomic E-state index is 6.20. The molecule has 0 bridgehead atoms. The Morgan fingerprint density at radius 2 is 2.00 bits per heavy atom. The first-order valence-electron chi connectivity index (χ1n) is 8.65. The Kier molecular flexibility index (Phi) is 6.64. The number of hydrogen-bond donors (Lipinski definition) is 0. The Hall–Kier alpha value is -1.91. The number of thioether (sulfide) groups is 1. The number of hydrogen-bond acceptors (Lipinski definition) is 3. The van der Waals surface area contributed by atoms with E-state index in [-0.39, 0.29) is 0 Å². The molecule has 1 aromatic heterocycles. The molecule has 2 aromatic carbocycles. The second kappa shape index (κ2) is 9.15. The summed E-state index contributed by atoms with van der Waals surface area (Å²) >= 11 is 8.02. The molecule has 0 N–H and O–H groups in total. The summed E-state index contributed by atoms with van der Waals surface area (Å²) in [5, 5.41) is 1.12. The van der Waals surface area contributed by atoms with Gasteiger partial charge in [-0.15, -0.1) is 11.8 Å². The van der Waals surface area contributed by atoms with E-state index in [4.69, 9.17) is 16.3 Å². The van der Waals surface area contributed by atoms with E-state index in [0.29, 0.717) is 5.25 Å². The zero-order valence-electron chi connectivity index (χ0n) is 15.1. The number of benzene rings is 2. The fraction of sp³-hybridized carbons (Fsp3) is 0.286. The minimum absolute atomic E-state index is 0.387. The molecule has 3 nitrogen and oxygen atoms in total. The molecule has 26 heavy (non-hydrogen) atoms. The number of methoxy groups -OCH3 is 1. The van der Waals surface area contributed by atoms with Crippen LogP contribution in [0.1, 0.15) is 17.5 Å². The molecule has 0 saturated heterocycles. The van der Waals surface area contributed by atoms with Gasteiger partial charge in [-0.2, -0.15) is 0 Å². The zero-order chi connectivity index (χ0) is 18.4. The first kappa shape index (κ1) is 18.9. The molecule has 5 heteroatoms. The largest absolute Gasteiger partial charge is 0.496 e. The Morgan fingerprint density at radius 3 is 2.69 bits per heavy atom. The van der Waals surface area contributed by atoms with Crippen molar-refractivity contribution in [1.29, 1.82) is 0 Å². The normalized spacial score (nSPS) is 12.1. The minimum atomic E-state index is 0.387. The lowest BCUT2D eigenvalue weighted by Crippen LogP contribution is -2.13. The van der Waals surface area contributed by atoms with Crippen molar-refractivity contribution in [3.63, 3.8) is 0 Å². The molecule has 0 fully saturated rings. The van der Waals surface area contributed by atoms with Crippen molar-refractivity contribution in [3.8, 4) is 5.75 Å². The summed E-state index contributed by atoms with van der Waals surface area (Å²) in [6.07, 6.45) is 7.79. The fourth-order valence-electron chi connectivity index (χ4n) is 2.82. The van der Waals surface area contributed by atoms with Crippen molar-refractivity contribution in [1.82, 2.24) is 9.55 Å². The monoisotopic (exact) mass is 386 g/mol. The van der Waals surface area contributed by atoms with Crippen LogP contribution in [0.3, 0.4) is 0 Å². The van der Waals surface area contributed by atoms with Gasteiger partial charge in [0.25, 0.3) is 0 Å². The Morgan fingerprint density at radius 1 is 1.19 bits per heavy atom. The van der Waals surface area contributed by atoms with E-state index >= 15 is 0 Å². The molecule has 0 aliphatic heterocycles. The Balaban J connectivity index is 1.74. The van der Waals surface area contributed by atoms with Gasteiger partial charge in [-0.3, -0.25) is 0 Å². The molecule has 0 aliphatic carbocycles. The van der Waals surface area contributed by atoms with Crippen molar-refractivity contribution in [2.75, 3.05) is 7.11 Å². The van der Waals surface area contributed by atoms with Gasteiger partial charge < -0.3 is 9.30 Å². The zero-order valence-corrected chi connectivity index (χ0v) is 16.6. The number of rotatable bonds is 8. The van der Waals surface area contributed by atoms with Crippen molar-refractivity contribution in [3.05, 3.63) is 77.3 Å². The van der Waals surface area contributed by atoms with Crippen LogP contribution in [-0.4, -0.2) is 21.9 Å². The molecule has 1 unspecified atom stereocenters. The molecule has 0 spiro atoms. The average Bonchev–Trinajstić information content (AvgIpc) is 3.14. The molecule has 0 amide bonds. The van der Waals surface area contributed by atoms with Gasteiger partial charge in [-0.25, -0.2) is 4.98 Å². The van der Waals surface area contributed by atoms with Gasteiger partial charge >= 0.3 is 0 Å². The molecule has 0 aliphatic rings. The molecule has 1 heterocycles. The third-order valence-corrected chi connectivity index (χ3v) is 5.79. The number of nitrogens with zero attached hydrogens (tertiary/aromatic N) is 2. The van der Waals surface area contributed by atoms with E-state index in [2.05, 4.69) is 40.7 Å². The molecular weight excluding hydrogens is 364 g/mol. The maximum Gasteiger partial charge on any atom is 0.132 e. The van der Waals surface area contributed by atoms with Crippen molar-refractivity contribution in [2.45, 2.75) is 36.5 Å². The molecule has 136 valence electrons. The summed E-state index contributed by atoms with van der Waals surface area (Å²) in [5.74, 6) is 0.866. The van der Waals surface area contributed by atoms with Gasteiger partial charge in [0.2, 0.25) is 0 Å². The van der Waals surface area contributed by atoms with Crippen LogP contribution in [0.15, 0.2) is 66.1 Å². The highest BCUT2D eigenvalue weighted by Gasteiger charge is 2.15. The lowest BCUT2D eigenvalue weighted by atomic mass is 10.1. The van der Waals surface area contributed by atoms with Crippen LogP contribution in [0.25, 0.3) is 0 Å².